The van der Waals surface area contributed by atoms with Gasteiger partial charge in [-0.2, -0.15) is 22.1 Å². The predicted octanol–water partition coefficient (Wildman–Crippen LogP) is 0.820. The van der Waals surface area contributed by atoms with Crippen molar-refractivity contribution in [2.45, 2.75) is 18.9 Å². The van der Waals surface area contributed by atoms with Crippen molar-refractivity contribution in [1.82, 2.24) is 28.4 Å². The van der Waals surface area contributed by atoms with Crippen LogP contribution in [0.1, 0.15) is 24.6 Å². The fourth-order valence-corrected chi connectivity index (χ4v) is 4.10. The third-order valence-electron chi connectivity index (χ3n) is 4.06. The molecular formula is C14H20N6O2S. The minimum atomic E-state index is -3.45. The summed E-state index contributed by atoms with van der Waals surface area (Å²) in [6.07, 6.45) is 6.62. The van der Waals surface area contributed by atoms with Crippen molar-refractivity contribution in [3.05, 3.63) is 30.4 Å². The van der Waals surface area contributed by atoms with Crippen molar-refractivity contribution < 1.29 is 8.42 Å². The van der Waals surface area contributed by atoms with Crippen molar-refractivity contribution in [1.29, 1.82) is 0 Å². The van der Waals surface area contributed by atoms with Gasteiger partial charge in [0.25, 0.3) is 10.2 Å². The van der Waals surface area contributed by atoms with Crippen molar-refractivity contribution in [2.75, 3.05) is 20.6 Å². The van der Waals surface area contributed by atoms with Gasteiger partial charge in [-0.1, -0.05) is 0 Å². The number of aromatic nitrogens is 4. The zero-order valence-electron chi connectivity index (χ0n) is 13.4. The van der Waals surface area contributed by atoms with Gasteiger partial charge in [-0.05, 0) is 18.9 Å². The highest BCUT2D eigenvalue weighted by Gasteiger charge is 2.37. The summed E-state index contributed by atoms with van der Waals surface area (Å²) in [6.45, 7) is 0.510. The van der Waals surface area contributed by atoms with Crippen LogP contribution in [0.5, 0.6) is 0 Å². The number of hydrogen-bond acceptors (Lipinski definition) is 5. The largest absolute Gasteiger partial charge is 0.282 e. The van der Waals surface area contributed by atoms with Crippen molar-refractivity contribution in [2.24, 2.45) is 7.05 Å². The van der Waals surface area contributed by atoms with E-state index in [1.807, 2.05) is 13.1 Å². The molecule has 0 bridgehead atoms. The molecule has 0 spiro atoms. The number of aryl methyl sites for hydroxylation is 1. The maximum Gasteiger partial charge on any atom is 0.282 e. The molecule has 1 saturated heterocycles. The second-order valence-corrected chi connectivity index (χ2v) is 7.82. The molecule has 0 aliphatic carbocycles. The summed E-state index contributed by atoms with van der Waals surface area (Å²) in [4.78, 5) is 8.88. The quantitative estimate of drug-likeness (QED) is 0.825. The van der Waals surface area contributed by atoms with E-state index in [1.54, 1.807) is 37.4 Å². The molecule has 3 rings (SSSR count). The van der Waals surface area contributed by atoms with Gasteiger partial charge in [-0.15, -0.1) is 0 Å². The Bertz CT molecular complexity index is 784. The Morgan fingerprint density at radius 3 is 2.61 bits per heavy atom. The van der Waals surface area contributed by atoms with Crippen LogP contribution < -0.4 is 0 Å². The summed E-state index contributed by atoms with van der Waals surface area (Å²) >= 11 is 0. The molecule has 9 heteroatoms. The number of nitrogens with zero attached hydrogens (tertiary/aromatic N) is 6. The van der Waals surface area contributed by atoms with Crippen LogP contribution in [0.25, 0.3) is 11.4 Å². The highest BCUT2D eigenvalue weighted by molar-refractivity contribution is 7.86. The highest BCUT2D eigenvalue weighted by atomic mass is 32.2. The second kappa shape index (κ2) is 5.99. The van der Waals surface area contributed by atoms with E-state index in [-0.39, 0.29) is 6.04 Å². The Hall–Kier alpha value is -1.84. The molecule has 8 nitrogen and oxygen atoms in total. The average molecular weight is 336 g/mol. The molecule has 1 atom stereocenters. The molecule has 0 radical (unpaired) electrons. The van der Waals surface area contributed by atoms with Gasteiger partial charge in [0.2, 0.25) is 0 Å². The minimum absolute atomic E-state index is 0.254. The lowest BCUT2D eigenvalue weighted by Gasteiger charge is -2.26. The van der Waals surface area contributed by atoms with Crippen LogP contribution in [0.2, 0.25) is 0 Å². The Morgan fingerprint density at radius 1 is 1.26 bits per heavy atom. The van der Waals surface area contributed by atoms with Crippen LogP contribution in [0.4, 0.5) is 0 Å². The summed E-state index contributed by atoms with van der Waals surface area (Å²) in [6, 6.07) is 1.61. The summed E-state index contributed by atoms with van der Waals surface area (Å²) < 4.78 is 29.3. The molecule has 0 amide bonds. The maximum absolute atomic E-state index is 12.4. The fraction of sp³-hybridized carbons (Fsp3) is 0.500. The van der Waals surface area contributed by atoms with Crippen LogP contribution in [0.3, 0.4) is 0 Å². The second-order valence-electron chi connectivity index (χ2n) is 5.73. The first-order valence-corrected chi connectivity index (χ1v) is 8.80. The lowest BCUT2D eigenvalue weighted by Crippen LogP contribution is -2.39. The molecule has 1 unspecified atom stereocenters. The monoisotopic (exact) mass is 336 g/mol. The van der Waals surface area contributed by atoms with E-state index in [4.69, 9.17) is 0 Å². The van der Waals surface area contributed by atoms with Crippen LogP contribution in [0, 0.1) is 0 Å². The summed E-state index contributed by atoms with van der Waals surface area (Å²) in [7, 11) is 1.48. The smallest absolute Gasteiger partial charge is 0.266 e. The standard InChI is InChI=1S/C14H20N6O2S/c1-18(2)23(21,22)20-8-4-5-14(20)12-10-15-11(9-16-12)13-6-7-17-19(13)3/h6-7,9-10,14H,4-5,8H2,1-3H3. The lowest BCUT2D eigenvalue weighted by molar-refractivity contribution is 0.357. The van der Waals surface area contributed by atoms with Crippen molar-refractivity contribution >= 4 is 10.2 Å². The van der Waals surface area contributed by atoms with E-state index in [1.165, 1.54) is 8.61 Å². The Morgan fingerprint density at radius 2 is 2.04 bits per heavy atom. The van der Waals surface area contributed by atoms with Crippen LogP contribution in [0.15, 0.2) is 24.7 Å². The molecule has 0 N–H and O–H groups in total. The zero-order valence-corrected chi connectivity index (χ0v) is 14.2. The molecule has 0 saturated carbocycles. The van der Waals surface area contributed by atoms with Gasteiger partial charge in [0.05, 0.1) is 29.8 Å². The van der Waals surface area contributed by atoms with Crippen LogP contribution >= 0.6 is 0 Å². The number of rotatable bonds is 4. The minimum Gasteiger partial charge on any atom is -0.266 e. The summed E-state index contributed by atoms with van der Waals surface area (Å²) in [5.41, 5.74) is 2.26. The Labute approximate surface area is 135 Å². The van der Waals surface area contributed by atoms with E-state index >= 15 is 0 Å². The molecule has 1 fully saturated rings. The molecule has 2 aromatic heterocycles. The highest BCUT2D eigenvalue weighted by Crippen LogP contribution is 2.33. The van der Waals surface area contributed by atoms with Crippen LogP contribution in [-0.2, 0) is 17.3 Å². The first-order chi connectivity index (χ1) is 10.9. The molecule has 0 aromatic carbocycles. The third kappa shape index (κ3) is 2.87. The molecule has 124 valence electrons. The van der Waals surface area contributed by atoms with Crippen molar-refractivity contribution in [3.63, 3.8) is 0 Å². The first-order valence-electron chi connectivity index (χ1n) is 7.41. The first kappa shape index (κ1) is 16.0. The lowest BCUT2D eigenvalue weighted by atomic mass is 10.1. The van der Waals surface area contributed by atoms with E-state index in [0.717, 1.165) is 18.5 Å². The molecule has 1 aliphatic rings. The maximum atomic E-state index is 12.4. The van der Waals surface area contributed by atoms with Gasteiger partial charge in [0, 0.05) is 33.9 Å². The van der Waals surface area contributed by atoms with Crippen LogP contribution in [-0.4, -0.2) is 57.4 Å². The van der Waals surface area contributed by atoms with Gasteiger partial charge in [-0.3, -0.25) is 14.6 Å². The molecule has 2 aromatic rings. The number of hydrogen-bond donors (Lipinski definition) is 0. The SMILES string of the molecule is CN(C)S(=O)(=O)N1CCCC1c1cnc(-c2ccnn2C)cn1. The van der Waals surface area contributed by atoms with Gasteiger partial charge in [-0.25, -0.2) is 0 Å². The Kier molecular flexibility index (Phi) is 4.17. The van der Waals surface area contributed by atoms with Crippen molar-refractivity contribution in [3.8, 4) is 11.4 Å². The van der Waals surface area contributed by atoms with E-state index in [2.05, 4.69) is 15.1 Å². The van der Waals surface area contributed by atoms with Gasteiger partial charge >= 0.3 is 0 Å². The fourth-order valence-electron chi connectivity index (χ4n) is 2.79. The third-order valence-corrected chi connectivity index (χ3v) is 6.01. The van der Waals surface area contributed by atoms with E-state index in [9.17, 15) is 8.42 Å². The van der Waals surface area contributed by atoms with Gasteiger partial charge in [0.15, 0.2) is 0 Å². The molecule has 3 heterocycles. The molecular weight excluding hydrogens is 316 g/mol. The van der Waals surface area contributed by atoms with E-state index in [0.29, 0.717) is 17.9 Å². The molecule has 1 aliphatic heterocycles. The Balaban J connectivity index is 1.89. The van der Waals surface area contributed by atoms with E-state index < -0.39 is 10.2 Å². The average Bonchev–Trinajstić information content (AvgIpc) is 3.16. The topological polar surface area (TPSA) is 84.2 Å². The zero-order chi connectivity index (χ0) is 16.6. The van der Waals surface area contributed by atoms with Gasteiger partial charge in [0.1, 0.15) is 5.69 Å². The normalized spacial score (nSPS) is 19.6. The predicted molar refractivity (Wildman–Crippen MR) is 85.5 cm³/mol. The summed E-state index contributed by atoms with van der Waals surface area (Å²) in [5, 5.41) is 4.11. The summed E-state index contributed by atoms with van der Waals surface area (Å²) in [5.74, 6) is 0. The molecule has 23 heavy (non-hydrogen) atoms. The van der Waals surface area contributed by atoms with Gasteiger partial charge < -0.3 is 0 Å².